The number of aromatic nitrogens is 4. The van der Waals surface area contributed by atoms with Gasteiger partial charge in [-0.25, -0.2) is 9.97 Å². The molecule has 0 radical (unpaired) electrons. The quantitative estimate of drug-likeness (QED) is 0.706. The molecule has 2 heterocycles. The van der Waals surface area contributed by atoms with Gasteiger partial charge in [-0.3, -0.25) is 0 Å². The van der Waals surface area contributed by atoms with Crippen molar-refractivity contribution in [1.82, 2.24) is 20.2 Å². The summed E-state index contributed by atoms with van der Waals surface area (Å²) in [5.74, 6) is 0. The van der Waals surface area contributed by atoms with Crippen molar-refractivity contribution in [2.24, 2.45) is 0 Å². The third-order valence-corrected chi connectivity index (χ3v) is 2.71. The minimum atomic E-state index is 0.674. The average molecular weight is 210 g/mol. The molecule has 0 aliphatic carbocycles. The van der Waals surface area contributed by atoms with Gasteiger partial charge < -0.3 is 0 Å². The molecular formula is C7H6N4S2. The summed E-state index contributed by atoms with van der Waals surface area (Å²) in [7, 11) is 0. The lowest BCUT2D eigenvalue weighted by molar-refractivity contribution is 0.845. The molecule has 0 aliphatic heterocycles. The molecule has 2 rings (SSSR count). The fraction of sp³-hybridized carbons (Fsp3) is 0.143. The van der Waals surface area contributed by atoms with Crippen molar-refractivity contribution in [3.63, 3.8) is 0 Å². The van der Waals surface area contributed by atoms with Crippen molar-refractivity contribution in [3.8, 4) is 10.7 Å². The molecule has 0 saturated heterocycles. The zero-order chi connectivity index (χ0) is 9.10. The van der Waals surface area contributed by atoms with E-state index in [1.807, 2.05) is 11.6 Å². The number of rotatable bonds is 2. The zero-order valence-corrected chi connectivity index (χ0v) is 8.47. The van der Waals surface area contributed by atoms with Crippen LogP contribution in [-0.4, -0.2) is 26.4 Å². The van der Waals surface area contributed by atoms with Crippen molar-refractivity contribution < 1.29 is 0 Å². The molecule has 0 fully saturated rings. The van der Waals surface area contributed by atoms with E-state index in [0.717, 1.165) is 10.7 Å². The molecule has 0 atom stereocenters. The summed E-state index contributed by atoms with van der Waals surface area (Å²) in [6, 6.07) is 0. The normalized spacial score (nSPS) is 10.2. The maximum Gasteiger partial charge on any atom is 0.209 e. The molecule has 2 aromatic heterocycles. The van der Waals surface area contributed by atoms with Gasteiger partial charge in [0.15, 0.2) is 0 Å². The van der Waals surface area contributed by atoms with E-state index < -0.39 is 0 Å². The van der Waals surface area contributed by atoms with Crippen LogP contribution in [0.15, 0.2) is 22.9 Å². The molecule has 66 valence electrons. The van der Waals surface area contributed by atoms with Crippen LogP contribution in [0.4, 0.5) is 0 Å². The number of thioether (sulfide) groups is 1. The van der Waals surface area contributed by atoms with Crippen LogP contribution < -0.4 is 0 Å². The number of nitrogens with zero attached hydrogens (tertiary/aromatic N) is 4. The summed E-state index contributed by atoms with van der Waals surface area (Å²) >= 11 is 3.02. The lowest BCUT2D eigenvalue weighted by Gasteiger charge is -1.95. The highest BCUT2D eigenvalue weighted by atomic mass is 32.2. The van der Waals surface area contributed by atoms with E-state index in [1.54, 1.807) is 23.7 Å². The lowest BCUT2D eigenvalue weighted by Crippen LogP contribution is -1.91. The minimum absolute atomic E-state index is 0.674. The summed E-state index contributed by atoms with van der Waals surface area (Å²) in [5.41, 5.74) is 0.786. The number of hydrogen-bond acceptors (Lipinski definition) is 6. The first-order valence-corrected chi connectivity index (χ1v) is 5.64. The smallest absolute Gasteiger partial charge is 0.209 e. The van der Waals surface area contributed by atoms with E-state index >= 15 is 0 Å². The number of hydrogen-bond donors (Lipinski definition) is 0. The van der Waals surface area contributed by atoms with Crippen LogP contribution in [0.1, 0.15) is 0 Å². The molecule has 0 unspecified atom stereocenters. The van der Waals surface area contributed by atoms with Crippen LogP contribution in [0.5, 0.6) is 0 Å². The van der Waals surface area contributed by atoms with Crippen LogP contribution in [0.2, 0.25) is 0 Å². The molecule has 0 bridgehead atoms. The Kier molecular flexibility index (Phi) is 2.51. The minimum Gasteiger partial charge on any atom is -0.243 e. The van der Waals surface area contributed by atoms with Gasteiger partial charge in [0, 0.05) is 11.6 Å². The summed E-state index contributed by atoms with van der Waals surface area (Å²) in [4.78, 5) is 8.41. The molecule has 0 N–H and O–H groups in total. The molecule has 0 amide bonds. The van der Waals surface area contributed by atoms with E-state index in [2.05, 4.69) is 20.2 Å². The van der Waals surface area contributed by atoms with E-state index in [0.29, 0.717) is 5.16 Å². The predicted molar refractivity (Wildman–Crippen MR) is 52.7 cm³/mol. The highest BCUT2D eigenvalue weighted by Gasteiger charge is 2.03. The van der Waals surface area contributed by atoms with E-state index in [4.69, 9.17) is 0 Å². The van der Waals surface area contributed by atoms with E-state index in [9.17, 15) is 0 Å². The Hall–Kier alpha value is -1.01. The molecule has 13 heavy (non-hydrogen) atoms. The Morgan fingerprint density at radius 1 is 1.46 bits per heavy atom. The third-order valence-electron chi connectivity index (χ3n) is 1.37. The molecule has 0 spiro atoms. The Balaban J connectivity index is 2.41. The van der Waals surface area contributed by atoms with Crippen LogP contribution in [0.3, 0.4) is 0 Å². The Labute approximate surface area is 83.5 Å². The van der Waals surface area contributed by atoms with Crippen LogP contribution in [0, 0.1) is 0 Å². The fourth-order valence-corrected chi connectivity index (χ4v) is 1.74. The second-order valence-corrected chi connectivity index (χ2v) is 3.83. The highest BCUT2D eigenvalue weighted by molar-refractivity contribution is 7.98. The maximum atomic E-state index is 4.27. The first kappa shape index (κ1) is 8.58. The molecule has 6 heteroatoms. The van der Waals surface area contributed by atoms with Gasteiger partial charge in [0.1, 0.15) is 10.7 Å². The van der Waals surface area contributed by atoms with Gasteiger partial charge in [0.25, 0.3) is 0 Å². The maximum absolute atomic E-state index is 4.27. The van der Waals surface area contributed by atoms with Gasteiger partial charge in [-0.15, -0.1) is 16.4 Å². The molecule has 2 aromatic rings. The summed E-state index contributed by atoms with van der Waals surface area (Å²) in [6.07, 6.45) is 5.29. The summed E-state index contributed by atoms with van der Waals surface area (Å²) in [6.45, 7) is 0. The van der Waals surface area contributed by atoms with E-state index in [-0.39, 0.29) is 0 Å². The van der Waals surface area contributed by atoms with Crippen molar-refractivity contribution in [1.29, 1.82) is 0 Å². The summed E-state index contributed by atoms with van der Waals surface area (Å²) in [5, 5.41) is 11.2. The monoisotopic (exact) mass is 210 g/mol. The molecule has 0 aromatic carbocycles. The van der Waals surface area contributed by atoms with Gasteiger partial charge in [0.05, 0.1) is 6.20 Å². The molecule has 4 nitrogen and oxygen atoms in total. The Morgan fingerprint density at radius 2 is 2.38 bits per heavy atom. The van der Waals surface area contributed by atoms with Crippen LogP contribution >= 0.6 is 23.1 Å². The average Bonchev–Trinajstić information content (AvgIpc) is 2.71. The molecule has 0 saturated carbocycles. The van der Waals surface area contributed by atoms with Gasteiger partial charge in [-0.1, -0.05) is 11.8 Å². The molecule has 0 aliphatic rings. The largest absolute Gasteiger partial charge is 0.243 e. The van der Waals surface area contributed by atoms with Crippen LogP contribution in [0.25, 0.3) is 10.7 Å². The highest BCUT2D eigenvalue weighted by Crippen LogP contribution is 2.19. The van der Waals surface area contributed by atoms with Crippen molar-refractivity contribution in [2.75, 3.05) is 6.26 Å². The first-order chi connectivity index (χ1) is 6.40. The standard InChI is InChI=1S/C7H6N4S2/c1-12-7-10-5(4-9-11-7)6-8-2-3-13-6/h2-4H,1H3. The first-order valence-electron chi connectivity index (χ1n) is 3.54. The van der Waals surface area contributed by atoms with Crippen molar-refractivity contribution in [2.45, 2.75) is 5.16 Å². The van der Waals surface area contributed by atoms with Gasteiger partial charge in [-0.05, 0) is 6.26 Å². The van der Waals surface area contributed by atoms with Crippen molar-refractivity contribution in [3.05, 3.63) is 17.8 Å². The predicted octanol–water partition coefficient (Wildman–Crippen LogP) is 1.72. The lowest BCUT2D eigenvalue weighted by atomic mass is 10.5. The van der Waals surface area contributed by atoms with Gasteiger partial charge in [0.2, 0.25) is 5.16 Å². The van der Waals surface area contributed by atoms with Gasteiger partial charge in [-0.2, -0.15) is 5.10 Å². The second-order valence-electron chi connectivity index (χ2n) is 2.17. The van der Waals surface area contributed by atoms with Gasteiger partial charge >= 0.3 is 0 Å². The Morgan fingerprint density at radius 3 is 3.08 bits per heavy atom. The van der Waals surface area contributed by atoms with Crippen LogP contribution in [-0.2, 0) is 0 Å². The van der Waals surface area contributed by atoms with E-state index in [1.165, 1.54) is 11.8 Å². The fourth-order valence-electron chi connectivity index (χ4n) is 0.827. The summed E-state index contributed by atoms with van der Waals surface area (Å²) < 4.78 is 0. The molecular weight excluding hydrogens is 204 g/mol. The third kappa shape index (κ3) is 1.84. The number of thiazole rings is 1. The zero-order valence-electron chi connectivity index (χ0n) is 6.84. The second kappa shape index (κ2) is 3.80. The Bertz CT molecular complexity index is 387. The SMILES string of the molecule is CSc1nncc(-c2nccs2)n1. The van der Waals surface area contributed by atoms with Crippen molar-refractivity contribution >= 4 is 23.1 Å². The topological polar surface area (TPSA) is 51.6 Å².